The lowest BCUT2D eigenvalue weighted by molar-refractivity contribution is 0.0957. The SMILES string of the molecule is CNCCCNC(=O)c1ccc(-c2ccc3c(c2)OCCO3)s1. The molecule has 0 saturated heterocycles. The van der Waals surface area contributed by atoms with Gasteiger partial charge in [0.25, 0.3) is 5.91 Å². The van der Waals surface area contributed by atoms with Gasteiger partial charge in [-0.25, -0.2) is 0 Å². The average Bonchev–Trinajstić information content (AvgIpc) is 3.08. The van der Waals surface area contributed by atoms with E-state index in [9.17, 15) is 4.79 Å². The second kappa shape index (κ2) is 7.48. The summed E-state index contributed by atoms with van der Waals surface area (Å²) in [4.78, 5) is 13.9. The van der Waals surface area contributed by atoms with Crippen LogP contribution in [0, 0.1) is 0 Å². The number of hydrogen-bond donors (Lipinski definition) is 2. The van der Waals surface area contributed by atoms with E-state index in [0.717, 1.165) is 39.8 Å². The Kier molecular flexibility index (Phi) is 5.15. The highest BCUT2D eigenvalue weighted by Gasteiger charge is 2.14. The van der Waals surface area contributed by atoms with Crippen molar-refractivity contribution in [3.63, 3.8) is 0 Å². The maximum atomic E-state index is 12.1. The predicted octanol–water partition coefficient (Wildman–Crippen LogP) is 2.53. The van der Waals surface area contributed by atoms with E-state index < -0.39 is 0 Å². The molecular formula is C17H20N2O3S. The van der Waals surface area contributed by atoms with Crippen LogP contribution in [0.5, 0.6) is 11.5 Å². The molecule has 1 aromatic carbocycles. The van der Waals surface area contributed by atoms with E-state index in [2.05, 4.69) is 10.6 Å². The topological polar surface area (TPSA) is 59.6 Å². The molecule has 122 valence electrons. The first-order valence-electron chi connectivity index (χ1n) is 7.70. The van der Waals surface area contributed by atoms with Crippen LogP contribution in [-0.4, -0.2) is 39.3 Å². The molecule has 0 aliphatic carbocycles. The Balaban J connectivity index is 1.68. The van der Waals surface area contributed by atoms with Crippen LogP contribution in [-0.2, 0) is 0 Å². The zero-order valence-electron chi connectivity index (χ0n) is 13.1. The lowest BCUT2D eigenvalue weighted by Gasteiger charge is -2.18. The summed E-state index contributed by atoms with van der Waals surface area (Å²) >= 11 is 1.48. The summed E-state index contributed by atoms with van der Waals surface area (Å²) < 4.78 is 11.1. The van der Waals surface area contributed by atoms with E-state index in [1.807, 2.05) is 37.4 Å². The van der Waals surface area contributed by atoms with Gasteiger partial charge in [0.05, 0.1) is 4.88 Å². The Morgan fingerprint density at radius 1 is 1.13 bits per heavy atom. The zero-order valence-corrected chi connectivity index (χ0v) is 13.9. The Hall–Kier alpha value is -2.05. The van der Waals surface area contributed by atoms with Crippen molar-refractivity contribution in [2.24, 2.45) is 0 Å². The molecule has 3 rings (SSSR count). The Morgan fingerprint density at radius 3 is 2.78 bits per heavy atom. The molecule has 5 nitrogen and oxygen atoms in total. The van der Waals surface area contributed by atoms with Gasteiger partial charge in [-0.15, -0.1) is 11.3 Å². The molecule has 0 fully saturated rings. The fourth-order valence-electron chi connectivity index (χ4n) is 2.37. The van der Waals surface area contributed by atoms with Crippen LogP contribution in [0.2, 0.25) is 0 Å². The summed E-state index contributed by atoms with van der Waals surface area (Å²) in [6.45, 7) is 2.73. The molecular weight excluding hydrogens is 312 g/mol. The third kappa shape index (κ3) is 3.83. The van der Waals surface area contributed by atoms with Gasteiger partial charge in [0.1, 0.15) is 13.2 Å². The zero-order chi connectivity index (χ0) is 16.1. The minimum absolute atomic E-state index is 0.0186. The molecule has 0 radical (unpaired) electrons. The molecule has 1 amide bonds. The summed E-state index contributed by atoms with van der Waals surface area (Å²) in [6, 6.07) is 9.71. The first kappa shape index (κ1) is 15.8. The highest BCUT2D eigenvalue weighted by molar-refractivity contribution is 7.17. The molecule has 2 aromatic rings. The molecule has 0 atom stereocenters. The molecule has 23 heavy (non-hydrogen) atoms. The van der Waals surface area contributed by atoms with Crippen LogP contribution in [0.3, 0.4) is 0 Å². The van der Waals surface area contributed by atoms with Gasteiger partial charge >= 0.3 is 0 Å². The number of nitrogens with one attached hydrogen (secondary N) is 2. The van der Waals surface area contributed by atoms with Crippen molar-refractivity contribution in [1.82, 2.24) is 10.6 Å². The number of carbonyl (C=O) groups excluding carboxylic acids is 1. The van der Waals surface area contributed by atoms with Crippen LogP contribution in [0.4, 0.5) is 0 Å². The molecule has 1 aromatic heterocycles. The third-order valence-corrected chi connectivity index (χ3v) is 4.68. The molecule has 6 heteroatoms. The molecule has 0 unspecified atom stereocenters. The van der Waals surface area contributed by atoms with Crippen LogP contribution in [0.25, 0.3) is 10.4 Å². The van der Waals surface area contributed by atoms with Crippen LogP contribution >= 0.6 is 11.3 Å². The number of carbonyl (C=O) groups is 1. The number of fused-ring (bicyclic) bond motifs is 1. The van der Waals surface area contributed by atoms with Gasteiger partial charge in [-0.2, -0.15) is 0 Å². The maximum absolute atomic E-state index is 12.1. The van der Waals surface area contributed by atoms with E-state index in [1.165, 1.54) is 11.3 Å². The second-order valence-electron chi connectivity index (χ2n) is 5.24. The largest absolute Gasteiger partial charge is 0.486 e. The van der Waals surface area contributed by atoms with Gasteiger partial charge in [-0.3, -0.25) is 4.79 Å². The van der Waals surface area contributed by atoms with E-state index in [1.54, 1.807) is 0 Å². The standard InChI is InChI=1S/C17H20N2O3S/c1-18-7-2-8-19-17(20)16-6-5-15(23-16)12-3-4-13-14(11-12)22-10-9-21-13/h3-6,11,18H,2,7-10H2,1H3,(H,19,20). The second-order valence-corrected chi connectivity index (χ2v) is 6.32. The van der Waals surface area contributed by atoms with Gasteiger partial charge in [0.15, 0.2) is 11.5 Å². The van der Waals surface area contributed by atoms with Crippen molar-refractivity contribution in [3.05, 3.63) is 35.2 Å². The number of hydrogen-bond acceptors (Lipinski definition) is 5. The maximum Gasteiger partial charge on any atom is 0.261 e. The normalized spacial score (nSPS) is 12.9. The van der Waals surface area contributed by atoms with Gasteiger partial charge in [0, 0.05) is 11.4 Å². The van der Waals surface area contributed by atoms with E-state index >= 15 is 0 Å². The minimum atomic E-state index is -0.0186. The molecule has 1 aliphatic rings. The monoisotopic (exact) mass is 332 g/mol. The van der Waals surface area contributed by atoms with Crippen molar-refractivity contribution in [2.75, 3.05) is 33.4 Å². The number of ether oxygens (including phenoxy) is 2. The summed E-state index contributed by atoms with van der Waals surface area (Å²) in [5.41, 5.74) is 1.04. The molecule has 2 N–H and O–H groups in total. The number of rotatable bonds is 6. The quantitative estimate of drug-likeness (QED) is 0.798. The predicted molar refractivity (Wildman–Crippen MR) is 91.6 cm³/mol. The van der Waals surface area contributed by atoms with Gasteiger partial charge in [-0.05, 0) is 55.9 Å². The number of thiophene rings is 1. The fourth-order valence-corrected chi connectivity index (χ4v) is 3.28. The van der Waals surface area contributed by atoms with Crippen molar-refractivity contribution >= 4 is 17.2 Å². The lowest BCUT2D eigenvalue weighted by atomic mass is 10.1. The molecule has 0 spiro atoms. The smallest absolute Gasteiger partial charge is 0.261 e. The summed E-state index contributed by atoms with van der Waals surface area (Å²) in [5, 5.41) is 6.00. The number of amides is 1. The molecule has 0 bridgehead atoms. The molecule has 0 saturated carbocycles. The van der Waals surface area contributed by atoms with Crippen molar-refractivity contribution in [1.29, 1.82) is 0 Å². The first-order valence-corrected chi connectivity index (χ1v) is 8.52. The first-order chi connectivity index (χ1) is 11.3. The van der Waals surface area contributed by atoms with Gasteiger partial charge < -0.3 is 20.1 Å². The highest BCUT2D eigenvalue weighted by Crippen LogP contribution is 2.36. The summed E-state index contributed by atoms with van der Waals surface area (Å²) in [7, 11) is 1.90. The minimum Gasteiger partial charge on any atom is -0.486 e. The fraction of sp³-hybridized carbons (Fsp3) is 0.353. The van der Waals surface area contributed by atoms with E-state index in [4.69, 9.17) is 9.47 Å². The molecule has 2 heterocycles. The van der Waals surface area contributed by atoms with Crippen LogP contribution in [0.1, 0.15) is 16.1 Å². The van der Waals surface area contributed by atoms with Crippen molar-refractivity contribution in [3.8, 4) is 21.9 Å². The van der Waals surface area contributed by atoms with Gasteiger partial charge in [-0.1, -0.05) is 0 Å². The van der Waals surface area contributed by atoms with E-state index in [0.29, 0.717) is 19.8 Å². The van der Waals surface area contributed by atoms with E-state index in [-0.39, 0.29) is 5.91 Å². The van der Waals surface area contributed by atoms with Crippen LogP contribution < -0.4 is 20.1 Å². The Morgan fingerprint density at radius 2 is 1.96 bits per heavy atom. The summed E-state index contributed by atoms with van der Waals surface area (Å²) in [5.74, 6) is 1.52. The Labute approximate surface area is 139 Å². The Bertz CT molecular complexity index is 684. The van der Waals surface area contributed by atoms with Crippen molar-refractivity contribution in [2.45, 2.75) is 6.42 Å². The lowest BCUT2D eigenvalue weighted by Crippen LogP contribution is -2.25. The molecule has 1 aliphatic heterocycles. The van der Waals surface area contributed by atoms with Crippen molar-refractivity contribution < 1.29 is 14.3 Å². The average molecular weight is 332 g/mol. The third-order valence-electron chi connectivity index (χ3n) is 3.55. The number of benzene rings is 1. The van der Waals surface area contributed by atoms with Gasteiger partial charge in [0.2, 0.25) is 0 Å². The highest BCUT2D eigenvalue weighted by atomic mass is 32.1. The summed E-state index contributed by atoms with van der Waals surface area (Å²) in [6.07, 6.45) is 0.919. The van der Waals surface area contributed by atoms with Crippen LogP contribution in [0.15, 0.2) is 30.3 Å².